The maximum atomic E-state index is 5.90. The van der Waals surface area contributed by atoms with Gasteiger partial charge in [-0.3, -0.25) is 0 Å². The lowest BCUT2D eigenvalue weighted by Crippen LogP contribution is -2.33. The van der Waals surface area contributed by atoms with Gasteiger partial charge in [0.15, 0.2) is 0 Å². The number of methoxy groups -OCH3 is 1. The summed E-state index contributed by atoms with van der Waals surface area (Å²) in [5, 5.41) is 0. The van der Waals surface area contributed by atoms with Crippen molar-refractivity contribution in [3.63, 3.8) is 0 Å². The van der Waals surface area contributed by atoms with Gasteiger partial charge in [0.1, 0.15) is 18.1 Å². The molecule has 2 aromatic rings. The highest BCUT2D eigenvalue weighted by molar-refractivity contribution is 9.10. The summed E-state index contributed by atoms with van der Waals surface area (Å²) < 4.78 is 12.4. The molecule has 3 rings (SSSR count). The first kappa shape index (κ1) is 13.3. The normalized spacial score (nSPS) is 17.4. The topological polar surface area (TPSA) is 21.7 Å². The van der Waals surface area contributed by atoms with Crippen LogP contribution in [0.1, 0.15) is 11.6 Å². The van der Waals surface area contributed by atoms with Crippen LogP contribution in [-0.2, 0) is 0 Å². The number of hydrogen-bond donors (Lipinski definition) is 0. The Morgan fingerprint density at radius 3 is 2.85 bits per heavy atom. The SMILES string of the molecule is COc1ccccc1C1COc2ccc(Br)cc2N1C. The van der Waals surface area contributed by atoms with E-state index in [9.17, 15) is 0 Å². The minimum absolute atomic E-state index is 0.146. The standard InChI is InChI=1S/C16H16BrNO2/c1-18-13-9-11(17)7-8-16(13)20-10-14(18)12-5-3-4-6-15(12)19-2/h3-9,14H,10H2,1-2H3. The summed E-state index contributed by atoms with van der Waals surface area (Å²) in [6, 6.07) is 14.3. The van der Waals surface area contributed by atoms with E-state index in [1.807, 2.05) is 30.3 Å². The predicted octanol–water partition coefficient (Wildman–Crippen LogP) is 4.03. The Hall–Kier alpha value is -1.68. The third-order valence-corrected chi connectivity index (χ3v) is 4.16. The van der Waals surface area contributed by atoms with Crippen LogP contribution < -0.4 is 14.4 Å². The fourth-order valence-electron chi connectivity index (χ4n) is 2.58. The summed E-state index contributed by atoms with van der Waals surface area (Å²) >= 11 is 3.52. The van der Waals surface area contributed by atoms with Crippen LogP contribution in [0, 0.1) is 0 Å². The molecule has 0 aromatic heterocycles. The zero-order valence-corrected chi connectivity index (χ0v) is 13.1. The molecule has 0 aliphatic carbocycles. The first-order valence-electron chi connectivity index (χ1n) is 6.49. The Morgan fingerprint density at radius 2 is 2.05 bits per heavy atom. The molecule has 0 fully saturated rings. The van der Waals surface area contributed by atoms with Crippen LogP contribution >= 0.6 is 15.9 Å². The predicted molar refractivity (Wildman–Crippen MR) is 83.8 cm³/mol. The molecule has 0 radical (unpaired) electrons. The molecule has 3 nitrogen and oxygen atoms in total. The number of likely N-dealkylation sites (N-methyl/N-ethyl adjacent to an activating group) is 1. The van der Waals surface area contributed by atoms with Crippen LogP contribution in [0.2, 0.25) is 0 Å². The minimum atomic E-state index is 0.146. The first-order chi connectivity index (χ1) is 9.70. The molecule has 0 saturated heterocycles. The molecule has 0 saturated carbocycles. The number of para-hydroxylation sites is 1. The monoisotopic (exact) mass is 333 g/mol. The summed E-state index contributed by atoms with van der Waals surface area (Å²) in [5.41, 5.74) is 2.23. The second-order valence-electron chi connectivity index (χ2n) is 4.79. The van der Waals surface area contributed by atoms with Crippen molar-refractivity contribution >= 4 is 21.6 Å². The van der Waals surface area contributed by atoms with Gasteiger partial charge in [-0.15, -0.1) is 0 Å². The highest BCUT2D eigenvalue weighted by Crippen LogP contribution is 2.41. The Kier molecular flexibility index (Phi) is 3.57. The van der Waals surface area contributed by atoms with E-state index in [-0.39, 0.29) is 6.04 Å². The Bertz CT molecular complexity index is 630. The number of fused-ring (bicyclic) bond motifs is 1. The second kappa shape index (κ2) is 5.37. The number of benzene rings is 2. The van der Waals surface area contributed by atoms with E-state index in [2.05, 4.69) is 40.0 Å². The van der Waals surface area contributed by atoms with E-state index in [0.717, 1.165) is 27.2 Å². The Balaban J connectivity index is 2.01. The summed E-state index contributed by atoms with van der Waals surface area (Å²) in [5.74, 6) is 1.81. The van der Waals surface area contributed by atoms with Crippen molar-refractivity contribution in [1.82, 2.24) is 0 Å². The molecule has 1 aliphatic heterocycles. The van der Waals surface area contributed by atoms with Gasteiger partial charge in [-0.25, -0.2) is 0 Å². The van der Waals surface area contributed by atoms with Gasteiger partial charge in [0, 0.05) is 17.1 Å². The van der Waals surface area contributed by atoms with E-state index in [1.165, 1.54) is 0 Å². The van der Waals surface area contributed by atoms with Gasteiger partial charge in [-0.1, -0.05) is 34.1 Å². The zero-order valence-electron chi connectivity index (χ0n) is 11.5. The Labute approximate surface area is 127 Å². The van der Waals surface area contributed by atoms with Crippen molar-refractivity contribution in [1.29, 1.82) is 0 Å². The summed E-state index contributed by atoms with van der Waals surface area (Å²) in [7, 11) is 3.79. The number of anilines is 1. The highest BCUT2D eigenvalue weighted by Gasteiger charge is 2.28. The number of ether oxygens (including phenoxy) is 2. The van der Waals surface area contributed by atoms with E-state index in [1.54, 1.807) is 7.11 Å². The maximum absolute atomic E-state index is 5.90. The number of nitrogens with zero attached hydrogens (tertiary/aromatic N) is 1. The fraction of sp³-hybridized carbons (Fsp3) is 0.250. The van der Waals surface area contributed by atoms with Gasteiger partial charge >= 0.3 is 0 Å². The lowest BCUT2D eigenvalue weighted by molar-refractivity contribution is 0.265. The van der Waals surface area contributed by atoms with Gasteiger partial charge in [-0.2, -0.15) is 0 Å². The molecule has 0 bridgehead atoms. The van der Waals surface area contributed by atoms with Gasteiger partial charge in [0.25, 0.3) is 0 Å². The van der Waals surface area contributed by atoms with Crippen LogP contribution in [0.3, 0.4) is 0 Å². The van der Waals surface area contributed by atoms with Crippen molar-refractivity contribution in [2.75, 3.05) is 25.7 Å². The third-order valence-electron chi connectivity index (χ3n) is 3.66. The molecule has 1 atom stereocenters. The summed E-state index contributed by atoms with van der Waals surface area (Å²) in [6.45, 7) is 0.617. The molecule has 4 heteroatoms. The van der Waals surface area contributed by atoms with Crippen molar-refractivity contribution in [2.45, 2.75) is 6.04 Å². The molecule has 0 N–H and O–H groups in total. The largest absolute Gasteiger partial charge is 0.496 e. The molecular weight excluding hydrogens is 318 g/mol. The molecule has 1 unspecified atom stereocenters. The minimum Gasteiger partial charge on any atom is -0.496 e. The fourth-order valence-corrected chi connectivity index (χ4v) is 2.93. The molecule has 0 amide bonds. The van der Waals surface area contributed by atoms with Crippen LogP contribution in [0.5, 0.6) is 11.5 Å². The molecule has 104 valence electrons. The van der Waals surface area contributed by atoms with Gasteiger partial charge < -0.3 is 14.4 Å². The van der Waals surface area contributed by atoms with Crippen LogP contribution in [0.4, 0.5) is 5.69 Å². The number of hydrogen-bond acceptors (Lipinski definition) is 3. The number of rotatable bonds is 2. The molecule has 1 aliphatic rings. The smallest absolute Gasteiger partial charge is 0.142 e. The Morgan fingerprint density at radius 1 is 1.25 bits per heavy atom. The average Bonchev–Trinajstić information content (AvgIpc) is 2.48. The molecular formula is C16H16BrNO2. The van der Waals surface area contributed by atoms with Gasteiger partial charge in [-0.05, 0) is 24.3 Å². The van der Waals surface area contributed by atoms with E-state index >= 15 is 0 Å². The molecule has 20 heavy (non-hydrogen) atoms. The highest BCUT2D eigenvalue weighted by atomic mass is 79.9. The quantitative estimate of drug-likeness (QED) is 0.828. The van der Waals surface area contributed by atoms with Crippen molar-refractivity contribution in [2.24, 2.45) is 0 Å². The first-order valence-corrected chi connectivity index (χ1v) is 7.28. The molecule has 0 spiro atoms. The number of halogens is 1. The lowest BCUT2D eigenvalue weighted by Gasteiger charge is -2.36. The van der Waals surface area contributed by atoms with E-state index < -0.39 is 0 Å². The van der Waals surface area contributed by atoms with Gasteiger partial charge in [0.05, 0.1) is 18.8 Å². The van der Waals surface area contributed by atoms with E-state index in [4.69, 9.17) is 9.47 Å². The summed E-state index contributed by atoms with van der Waals surface area (Å²) in [4.78, 5) is 2.24. The van der Waals surface area contributed by atoms with Crippen LogP contribution in [0.15, 0.2) is 46.9 Å². The lowest BCUT2D eigenvalue weighted by atomic mass is 10.0. The molecule has 1 heterocycles. The maximum Gasteiger partial charge on any atom is 0.142 e. The average molecular weight is 334 g/mol. The van der Waals surface area contributed by atoms with Crippen LogP contribution in [0.25, 0.3) is 0 Å². The third kappa shape index (κ3) is 2.24. The second-order valence-corrected chi connectivity index (χ2v) is 5.71. The summed E-state index contributed by atoms with van der Waals surface area (Å²) in [6.07, 6.45) is 0. The van der Waals surface area contributed by atoms with Crippen molar-refractivity contribution < 1.29 is 9.47 Å². The molecule has 2 aromatic carbocycles. The van der Waals surface area contributed by atoms with Crippen molar-refractivity contribution in [3.8, 4) is 11.5 Å². The van der Waals surface area contributed by atoms with Crippen molar-refractivity contribution in [3.05, 3.63) is 52.5 Å². The van der Waals surface area contributed by atoms with Gasteiger partial charge in [0.2, 0.25) is 0 Å². The zero-order chi connectivity index (χ0) is 14.1. The van der Waals surface area contributed by atoms with E-state index in [0.29, 0.717) is 6.61 Å². The van der Waals surface area contributed by atoms with Crippen LogP contribution in [-0.4, -0.2) is 20.8 Å².